The lowest BCUT2D eigenvalue weighted by atomic mass is 10.1. The predicted octanol–water partition coefficient (Wildman–Crippen LogP) is 5.02. The van der Waals surface area contributed by atoms with E-state index in [-0.39, 0.29) is 22.9 Å². The van der Waals surface area contributed by atoms with Crippen LogP contribution in [0.25, 0.3) is 16.9 Å². The van der Waals surface area contributed by atoms with Crippen LogP contribution < -0.4 is 5.32 Å². The van der Waals surface area contributed by atoms with Crippen LogP contribution in [0, 0.1) is 5.82 Å². The first-order valence-electron chi connectivity index (χ1n) is 10.3. The number of benzene rings is 2. The fourth-order valence-electron chi connectivity index (χ4n) is 3.47. The number of halogens is 4. The van der Waals surface area contributed by atoms with Gasteiger partial charge in [-0.25, -0.2) is 32.3 Å². The van der Waals surface area contributed by atoms with E-state index in [0.29, 0.717) is 17.1 Å². The van der Waals surface area contributed by atoms with Crippen LogP contribution in [0.4, 0.5) is 19.1 Å². The summed E-state index contributed by atoms with van der Waals surface area (Å²) in [6.07, 6.45) is -0.328. The zero-order valence-corrected chi connectivity index (χ0v) is 18.5. The maximum Gasteiger partial charge on any atom is 0.280 e. The monoisotopic (exact) mass is 497 g/mol. The van der Waals surface area contributed by atoms with Gasteiger partial charge in [-0.3, -0.25) is 10.1 Å². The molecule has 0 fully saturated rings. The fraction of sp³-hybridized carbons (Fsp3) is 0.0870. The molecule has 8 nitrogen and oxygen atoms in total. The maximum atomic E-state index is 13.7. The molecule has 5 rings (SSSR count). The fourth-order valence-corrected chi connectivity index (χ4v) is 3.66. The molecule has 0 spiro atoms. The van der Waals surface area contributed by atoms with Gasteiger partial charge < -0.3 is 0 Å². The molecule has 0 unspecified atom stereocenters. The Balaban J connectivity index is 1.45. The summed E-state index contributed by atoms with van der Waals surface area (Å²) in [5.41, 5.74) is 0.758. The van der Waals surface area contributed by atoms with Gasteiger partial charge in [-0.15, -0.1) is 5.10 Å². The highest BCUT2D eigenvalue weighted by Gasteiger charge is 2.22. The number of carbonyl (C=O) groups excluding carboxylic acids is 1. The maximum absolute atomic E-state index is 13.7. The quantitative estimate of drug-likeness (QED) is 0.356. The molecule has 1 N–H and O–H groups in total. The first kappa shape index (κ1) is 22.5. The molecule has 176 valence electrons. The van der Waals surface area contributed by atoms with Crippen molar-refractivity contribution in [1.82, 2.24) is 29.4 Å². The summed E-state index contributed by atoms with van der Waals surface area (Å²) in [7, 11) is 0. The summed E-state index contributed by atoms with van der Waals surface area (Å²) in [6.45, 7) is 0.333. The van der Waals surface area contributed by atoms with Gasteiger partial charge in [-0.1, -0.05) is 29.8 Å². The van der Waals surface area contributed by atoms with Crippen LogP contribution in [0.1, 0.15) is 28.0 Å². The second-order valence-corrected chi connectivity index (χ2v) is 7.89. The van der Waals surface area contributed by atoms with Crippen LogP contribution in [0.2, 0.25) is 5.02 Å². The van der Waals surface area contributed by atoms with E-state index in [2.05, 4.69) is 25.5 Å². The number of rotatable bonds is 6. The molecule has 0 saturated heterocycles. The summed E-state index contributed by atoms with van der Waals surface area (Å²) in [6, 6.07) is 13.6. The zero-order chi connectivity index (χ0) is 24.5. The van der Waals surface area contributed by atoms with E-state index in [1.807, 2.05) is 18.2 Å². The molecule has 0 radical (unpaired) electrons. The number of alkyl halides is 2. The van der Waals surface area contributed by atoms with Crippen molar-refractivity contribution in [1.29, 1.82) is 0 Å². The molecule has 0 aliphatic rings. The van der Waals surface area contributed by atoms with Gasteiger partial charge in [0.25, 0.3) is 12.3 Å². The number of aromatic nitrogens is 6. The van der Waals surface area contributed by atoms with Gasteiger partial charge in [0.15, 0.2) is 5.65 Å². The Bertz CT molecular complexity index is 1530. The third-order valence-corrected chi connectivity index (χ3v) is 5.53. The van der Waals surface area contributed by atoms with Gasteiger partial charge in [0.2, 0.25) is 5.95 Å². The highest BCUT2D eigenvalue weighted by molar-refractivity contribution is 6.31. The molecule has 35 heavy (non-hydrogen) atoms. The molecule has 1 amide bonds. The van der Waals surface area contributed by atoms with Gasteiger partial charge in [0, 0.05) is 10.6 Å². The molecule has 0 aliphatic heterocycles. The normalized spacial score (nSPS) is 11.3. The minimum Gasteiger partial charge on any atom is -0.289 e. The largest absolute Gasteiger partial charge is 0.289 e. The Labute approximate surface area is 201 Å². The highest BCUT2D eigenvalue weighted by atomic mass is 35.5. The minimum atomic E-state index is -2.89. The van der Waals surface area contributed by atoms with E-state index in [9.17, 15) is 18.0 Å². The van der Waals surface area contributed by atoms with Gasteiger partial charge >= 0.3 is 0 Å². The van der Waals surface area contributed by atoms with E-state index < -0.39 is 23.8 Å². The average Bonchev–Trinajstić information content (AvgIpc) is 3.47. The number of amides is 1. The van der Waals surface area contributed by atoms with Crippen LogP contribution in [0.3, 0.4) is 0 Å². The van der Waals surface area contributed by atoms with E-state index in [4.69, 9.17) is 11.6 Å². The summed E-state index contributed by atoms with van der Waals surface area (Å²) >= 11 is 6.17. The lowest BCUT2D eigenvalue weighted by molar-refractivity contribution is 0.102. The number of nitrogens with zero attached hydrogens (tertiary/aromatic N) is 6. The molecule has 0 saturated carbocycles. The van der Waals surface area contributed by atoms with Gasteiger partial charge in [-0.2, -0.15) is 5.10 Å². The molecule has 2 aromatic carbocycles. The lowest BCUT2D eigenvalue weighted by Gasteiger charge is -2.08. The van der Waals surface area contributed by atoms with Crippen LogP contribution in [-0.2, 0) is 6.54 Å². The van der Waals surface area contributed by atoms with Gasteiger partial charge in [-0.05, 0) is 42.0 Å². The van der Waals surface area contributed by atoms with Crippen molar-refractivity contribution in [3.8, 4) is 11.3 Å². The van der Waals surface area contributed by atoms with Crippen LogP contribution in [-0.4, -0.2) is 35.3 Å². The van der Waals surface area contributed by atoms with Crippen LogP contribution >= 0.6 is 11.6 Å². The molecule has 0 aliphatic carbocycles. The second kappa shape index (κ2) is 9.18. The third-order valence-electron chi connectivity index (χ3n) is 5.16. The summed E-state index contributed by atoms with van der Waals surface area (Å²) < 4.78 is 43.2. The van der Waals surface area contributed by atoms with Crippen molar-refractivity contribution in [3.05, 3.63) is 94.8 Å². The summed E-state index contributed by atoms with van der Waals surface area (Å²) in [5, 5.41) is 11.2. The topological polar surface area (TPSA) is 90.0 Å². The van der Waals surface area contributed by atoms with E-state index in [1.54, 1.807) is 6.07 Å². The van der Waals surface area contributed by atoms with E-state index in [0.717, 1.165) is 22.3 Å². The standard InChI is InChI=1S/C23H15ClF3N7O/c24-17-4-2-1-3-14(17)11-33-12-28-23(32-33)31-22(35)16-10-29-34-19(20(26)27)9-18(30-21(16)34)13-5-7-15(25)8-6-13/h1-10,12,20H,11H2,(H,31,32,35). The SMILES string of the molecule is O=C(Nc1ncn(Cc2ccccc2Cl)n1)c1cnn2c(C(F)F)cc(-c3ccc(F)cc3)nc12. The van der Waals surface area contributed by atoms with Crippen LogP contribution in [0.5, 0.6) is 0 Å². The first-order chi connectivity index (χ1) is 16.9. The second-order valence-electron chi connectivity index (χ2n) is 7.48. The molecule has 0 bridgehead atoms. The Hall–Kier alpha value is -4.25. The minimum absolute atomic E-state index is 0.00479. The van der Waals surface area contributed by atoms with Crippen molar-refractivity contribution >= 4 is 29.1 Å². The molecular weight excluding hydrogens is 483 g/mol. The number of fused-ring (bicyclic) bond motifs is 1. The summed E-state index contributed by atoms with van der Waals surface area (Å²) in [4.78, 5) is 21.3. The van der Waals surface area contributed by atoms with Gasteiger partial charge in [0.05, 0.1) is 18.4 Å². The molecule has 12 heteroatoms. The van der Waals surface area contributed by atoms with Crippen molar-refractivity contribution in [3.63, 3.8) is 0 Å². The summed E-state index contributed by atoms with van der Waals surface area (Å²) in [5.74, 6) is -1.15. The third kappa shape index (κ3) is 4.58. The smallest absolute Gasteiger partial charge is 0.280 e. The molecule has 3 heterocycles. The average molecular weight is 498 g/mol. The van der Waals surface area contributed by atoms with Crippen molar-refractivity contribution in [2.75, 3.05) is 5.32 Å². The molecule has 0 atom stereocenters. The Morgan fingerprint density at radius 1 is 1.11 bits per heavy atom. The van der Waals surface area contributed by atoms with Crippen molar-refractivity contribution in [2.45, 2.75) is 13.0 Å². The zero-order valence-electron chi connectivity index (χ0n) is 17.7. The Morgan fingerprint density at radius 2 is 1.89 bits per heavy atom. The number of anilines is 1. The van der Waals surface area contributed by atoms with Gasteiger partial charge in [0.1, 0.15) is 23.4 Å². The molecular formula is C23H15ClF3N7O. The Kier molecular flexibility index (Phi) is 5.91. The van der Waals surface area contributed by atoms with Crippen molar-refractivity contribution in [2.24, 2.45) is 0 Å². The van der Waals surface area contributed by atoms with E-state index in [1.165, 1.54) is 35.3 Å². The lowest BCUT2D eigenvalue weighted by Crippen LogP contribution is -2.14. The first-order valence-corrected chi connectivity index (χ1v) is 10.6. The van der Waals surface area contributed by atoms with Crippen LogP contribution in [0.15, 0.2) is 67.1 Å². The van der Waals surface area contributed by atoms with E-state index >= 15 is 0 Å². The number of hydrogen-bond acceptors (Lipinski definition) is 5. The highest BCUT2D eigenvalue weighted by Crippen LogP contribution is 2.27. The predicted molar refractivity (Wildman–Crippen MR) is 122 cm³/mol. The van der Waals surface area contributed by atoms with Crippen molar-refractivity contribution < 1.29 is 18.0 Å². The molecule has 3 aromatic heterocycles. The Morgan fingerprint density at radius 3 is 2.63 bits per heavy atom. The number of nitrogens with one attached hydrogen (secondary N) is 1. The number of carbonyl (C=O) groups is 1. The molecule has 5 aromatic rings. The number of hydrogen-bond donors (Lipinski definition) is 1.